The number of rotatable bonds is 2. The maximum Gasteiger partial charge on any atom is 0.276 e. The van der Waals surface area contributed by atoms with Gasteiger partial charge in [0.15, 0.2) is 0 Å². The van der Waals surface area contributed by atoms with Crippen LogP contribution in [0.3, 0.4) is 0 Å². The second kappa shape index (κ2) is 2.64. The summed E-state index contributed by atoms with van der Waals surface area (Å²) in [5.74, 6) is -3.36. The monoisotopic (exact) mass is 159 g/mol. The number of hydrogen-bond acceptors (Lipinski definition) is 0. The molecule has 1 aromatic rings. The normalized spacial score (nSPS) is 12.5. The van der Waals surface area contributed by atoms with Gasteiger partial charge >= 0.3 is 0 Å². The lowest BCUT2D eigenvalue weighted by Crippen LogP contribution is -2.19. The van der Waals surface area contributed by atoms with Crippen LogP contribution in [0, 0.1) is 5.92 Å². The Kier molecular flexibility index (Phi) is 1.98. The van der Waals surface area contributed by atoms with E-state index in [0.717, 1.165) is 0 Å². The molecule has 1 aromatic heterocycles. The van der Waals surface area contributed by atoms with E-state index in [9.17, 15) is 8.78 Å². The Morgan fingerprint density at radius 2 is 2.09 bits per heavy atom. The van der Waals surface area contributed by atoms with Crippen molar-refractivity contribution < 1.29 is 8.78 Å². The van der Waals surface area contributed by atoms with Crippen molar-refractivity contribution in [3.63, 3.8) is 0 Å². The minimum Gasteiger partial charge on any atom is -0.367 e. The van der Waals surface area contributed by atoms with E-state index in [1.807, 2.05) is 0 Å². The van der Waals surface area contributed by atoms with Gasteiger partial charge < -0.3 is 4.98 Å². The molecule has 0 aliphatic carbocycles. The largest absolute Gasteiger partial charge is 0.367 e. The third-order valence-corrected chi connectivity index (χ3v) is 1.71. The number of nitrogens with one attached hydrogen (secondary N) is 1. The Bertz CT molecular complexity index is 214. The van der Waals surface area contributed by atoms with Crippen molar-refractivity contribution >= 4 is 0 Å². The highest BCUT2D eigenvalue weighted by Gasteiger charge is 2.35. The zero-order valence-electron chi connectivity index (χ0n) is 6.57. The summed E-state index contributed by atoms with van der Waals surface area (Å²) in [7, 11) is 0. The molecule has 0 aliphatic rings. The van der Waals surface area contributed by atoms with E-state index in [4.69, 9.17) is 0 Å². The van der Waals surface area contributed by atoms with E-state index in [-0.39, 0.29) is 5.56 Å². The third-order valence-electron chi connectivity index (χ3n) is 1.71. The van der Waals surface area contributed by atoms with Crippen LogP contribution in [-0.2, 0) is 5.92 Å². The molecule has 0 bridgehead atoms. The fraction of sp³-hybridized carbons (Fsp3) is 0.500. The van der Waals surface area contributed by atoms with Crippen LogP contribution in [0.4, 0.5) is 8.78 Å². The van der Waals surface area contributed by atoms with E-state index in [1.54, 1.807) is 0 Å². The SMILES string of the molecule is CC(C)C(F)(F)c1cc[nH]c1. The van der Waals surface area contributed by atoms with E-state index in [1.165, 1.54) is 32.3 Å². The van der Waals surface area contributed by atoms with Crippen LogP contribution in [-0.4, -0.2) is 4.98 Å². The lowest BCUT2D eigenvalue weighted by Gasteiger charge is -2.18. The van der Waals surface area contributed by atoms with Crippen molar-refractivity contribution in [2.45, 2.75) is 19.8 Å². The second-order valence-electron chi connectivity index (χ2n) is 2.88. The Morgan fingerprint density at radius 1 is 1.45 bits per heavy atom. The number of hydrogen-bond donors (Lipinski definition) is 1. The van der Waals surface area contributed by atoms with E-state index < -0.39 is 11.8 Å². The number of alkyl halides is 2. The molecule has 0 fully saturated rings. The van der Waals surface area contributed by atoms with Gasteiger partial charge in [0, 0.05) is 23.9 Å². The van der Waals surface area contributed by atoms with Gasteiger partial charge in [-0.25, -0.2) is 8.78 Å². The van der Waals surface area contributed by atoms with Crippen molar-refractivity contribution in [3.8, 4) is 0 Å². The molecule has 0 atom stereocenters. The van der Waals surface area contributed by atoms with E-state index in [0.29, 0.717) is 0 Å². The van der Waals surface area contributed by atoms with Crippen molar-refractivity contribution in [1.29, 1.82) is 0 Å². The zero-order chi connectivity index (χ0) is 8.48. The Balaban J connectivity index is 2.90. The van der Waals surface area contributed by atoms with Crippen LogP contribution < -0.4 is 0 Å². The molecule has 0 aromatic carbocycles. The quantitative estimate of drug-likeness (QED) is 0.682. The van der Waals surface area contributed by atoms with Gasteiger partial charge in [-0.2, -0.15) is 0 Å². The molecule has 0 spiro atoms. The van der Waals surface area contributed by atoms with Gasteiger partial charge in [-0.15, -0.1) is 0 Å². The first-order chi connectivity index (χ1) is 5.05. The van der Waals surface area contributed by atoms with Gasteiger partial charge in [-0.05, 0) is 6.07 Å². The number of aromatic amines is 1. The summed E-state index contributed by atoms with van der Waals surface area (Å²) < 4.78 is 26.2. The molecule has 1 heterocycles. The summed E-state index contributed by atoms with van der Waals surface area (Å²) in [6.45, 7) is 3.01. The molecular weight excluding hydrogens is 148 g/mol. The summed E-state index contributed by atoms with van der Waals surface area (Å²) in [5.41, 5.74) is 0.0625. The first-order valence-electron chi connectivity index (χ1n) is 3.56. The molecule has 3 heteroatoms. The van der Waals surface area contributed by atoms with Crippen molar-refractivity contribution in [2.24, 2.45) is 5.92 Å². The number of aromatic nitrogens is 1. The lowest BCUT2D eigenvalue weighted by molar-refractivity contribution is -0.0512. The predicted molar refractivity (Wildman–Crippen MR) is 39.5 cm³/mol. The molecule has 0 unspecified atom stereocenters. The predicted octanol–water partition coefficient (Wildman–Crippen LogP) is 2.76. The molecule has 11 heavy (non-hydrogen) atoms. The van der Waals surface area contributed by atoms with Gasteiger partial charge in [-0.1, -0.05) is 13.8 Å². The summed E-state index contributed by atoms with van der Waals surface area (Å²) in [5, 5.41) is 0. The zero-order valence-corrected chi connectivity index (χ0v) is 6.57. The Morgan fingerprint density at radius 3 is 2.45 bits per heavy atom. The highest BCUT2D eigenvalue weighted by Crippen LogP contribution is 2.34. The van der Waals surface area contributed by atoms with Gasteiger partial charge in [0.2, 0.25) is 0 Å². The fourth-order valence-corrected chi connectivity index (χ4v) is 0.865. The van der Waals surface area contributed by atoms with Crippen LogP contribution in [0.25, 0.3) is 0 Å². The van der Waals surface area contributed by atoms with Crippen LogP contribution >= 0.6 is 0 Å². The maximum atomic E-state index is 13.1. The number of H-pyrrole nitrogens is 1. The highest BCUT2D eigenvalue weighted by molar-refractivity contribution is 5.15. The van der Waals surface area contributed by atoms with E-state index >= 15 is 0 Å². The first kappa shape index (κ1) is 8.24. The standard InChI is InChI=1S/C8H11F2N/c1-6(2)8(9,10)7-3-4-11-5-7/h3-6,11H,1-2H3. The third kappa shape index (κ3) is 1.42. The van der Waals surface area contributed by atoms with Crippen LogP contribution in [0.15, 0.2) is 18.5 Å². The molecule has 0 aliphatic heterocycles. The van der Waals surface area contributed by atoms with Gasteiger partial charge in [-0.3, -0.25) is 0 Å². The topological polar surface area (TPSA) is 15.8 Å². The van der Waals surface area contributed by atoms with Crippen molar-refractivity contribution in [1.82, 2.24) is 4.98 Å². The summed E-state index contributed by atoms with van der Waals surface area (Å²) >= 11 is 0. The van der Waals surface area contributed by atoms with Crippen molar-refractivity contribution in [3.05, 3.63) is 24.0 Å². The lowest BCUT2D eigenvalue weighted by atomic mass is 10.0. The van der Waals surface area contributed by atoms with E-state index in [2.05, 4.69) is 4.98 Å². The van der Waals surface area contributed by atoms with Crippen LogP contribution in [0.5, 0.6) is 0 Å². The van der Waals surface area contributed by atoms with Gasteiger partial charge in [0.1, 0.15) is 0 Å². The molecule has 0 radical (unpaired) electrons. The Hall–Kier alpha value is -0.860. The molecule has 1 rings (SSSR count). The summed E-state index contributed by atoms with van der Waals surface area (Å²) in [6.07, 6.45) is 2.84. The molecule has 0 amide bonds. The fourth-order valence-electron chi connectivity index (χ4n) is 0.865. The molecule has 1 nitrogen and oxygen atoms in total. The molecule has 0 saturated carbocycles. The molecule has 62 valence electrons. The highest BCUT2D eigenvalue weighted by atomic mass is 19.3. The molecule has 0 saturated heterocycles. The average molecular weight is 159 g/mol. The maximum absolute atomic E-state index is 13.1. The molecular formula is C8H11F2N. The summed E-state index contributed by atoms with van der Waals surface area (Å²) in [4.78, 5) is 2.61. The number of halogens is 2. The smallest absolute Gasteiger partial charge is 0.276 e. The van der Waals surface area contributed by atoms with Crippen molar-refractivity contribution in [2.75, 3.05) is 0 Å². The average Bonchev–Trinajstić information content (AvgIpc) is 2.37. The minimum atomic E-state index is -2.71. The van der Waals surface area contributed by atoms with Crippen LogP contribution in [0.2, 0.25) is 0 Å². The Labute approximate surface area is 64.4 Å². The van der Waals surface area contributed by atoms with Gasteiger partial charge in [0.25, 0.3) is 5.92 Å². The van der Waals surface area contributed by atoms with Gasteiger partial charge in [0.05, 0.1) is 0 Å². The minimum absolute atomic E-state index is 0.0625. The second-order valence-corrected chi connectivity index (χ2v) is 2.88. The summed E-state index contributed by atoms with van der Waals surface area (Å²) in [6, 6.07) is 1.40. The molecule has 1 N–H and O–H groups in total. The van der Waals surface area contributed by atoms with Crippen LogP contribution in [0.1, 0.15) is 19.4 Å². The first-order valence-corrected chi connectivity index (χ1v) is 3.56.